The SMILES string of the molecule is COc1cccc(Nc2ncc3c(n2)CCN(Cc2ccc(Cl)cc2)C3)c1. The molecule has 3 aromatic rings. The quantitative estimate of drug-likeness (QED) is 0.709. The Morgan fingerprint density at radius 2 is 2.04 bits per heavy atom. The lowest BCUT2D eigenvalue weighted by atomic mass is 10.1. The van der Waals surface area contributed by atoms with Crippen LogP contribution in [0, 0.1) is 0 Å². The maximum Gasteiger partial charge on any atom is 0.227 e. The molecular formula is C21H21ClN4O. The van der Waals surface area contributed by atoms with Crippen molar-refractivity contribution in [3.8, 4) is 5.75 Å². The van der Waals surface area contributed by atoms with E-state index < -0.39 is 0 Å². The molecular weight excluding hydrogens is 360 g/mol. The average Bonchev–Trinajstić information content (AvgIpc) is 2.70. The summed E-state index contributed by atoms with van der Waals surface area (Å²) in [5, 5.41) is 4.03. The van der Waals surface area contributed by atoms with Gasteiger partial charge in [0, 0.05) is 54.6 Å². The molecule has 0 saturated heterocycles. The van der Waals surface area contributed by atoms with Crippen LogP contribution in [0.2, 0.25) is 5.02 Å². The van der Waals surface area contributed by atoms with E-state index in [9.17, 15) is 0 Å². The number of aromatic nitrogens is 2. The fourth-order valence-corrected chi connectivity index (χ4v) is 3.37. The Morgan fingerprint density at radius 3 is 2.85 bits per heavy atom. The summed E-state index contributed by atoms with van der Waals surface area (Å²) in [6.07, 6.45) is 2.84. The number of ether oxygens (including phenoxy) is 1. The number of hydrogen-bond donors (Lipinski definition) is 1. The van der Waals surface area contributed by atoms with Crippen molar-refractivity contribution in [2.24, 2.45) is 0 Å². The number of nitrogens with one attached hydrogen (secondary N) is 1. The van der Waals surface area contributed by atoms with Gasteiger partial charge in [0.25, 0.3) is 0 Å². The maximum atomic E-state index is 5.97. The predicted molar refractivity (Wildman–Crippen MR) is 108 cm³/mol. The number of nitrogens with zero attached hydrogens (tertiary/aromatic N) is 3. The van der Waals surface area contributed by atoms with Gasteiger partial charge in [-0.2, -0.15) is 0 Å². The Balaban J connectivity index is 1.43. The maximum absolute atomic E-state index is 5.97. The molecule has 0 spiro atoms. The molecule has 5 nitrogen and oxygen atoms in total. The molecule has 1 aliphatic rings. The molecule has 27 heavy (non-hydrogen) atoms. The number of anilines is 2. The Hall–Kier alpha value is -2.63. The first-order valence-corrected chi connectivity index (χ1v) is 9.30. The highest BCUT2D eigenvalue weighted by molar-refractivity contribution is 6.30. The van der Waals surface area contributed by atoms with Crippen LogP contribution in [-0.2, 0) is 19.5 Å². The van der Waals surface area contributed by atoms with Crippen molar-refractivity contribution in [1.82, 2.24) is 14.9 Å². The molecule has 1 aliphatic heterocycles. The Kier molecular flexibility index (Phi) is 5.23. The molecule has 2 aromatic carbocycles. The van der Waals surface area contributed by atoms with E-state index in [0.29, 0.717) is 5.95 Å². The second-order valence-corrected chi connectivity index (χ2v) is 7.05. The van der Waals surface area contributed by atoms with E-state index in [-0.39, 0.29) is 0 Å². The molecule has 6 heteroatoms. The number of halogens is 1. The van der Waals surface area contributed by atoms with Crippen LogP contribution in [0.25, 0.3) is 0 Å². The van der Waals surface area contributed by atoms with Crippen LogP contribution < -0.4 is 10.1 Å². The summed E-state index contributed by atoms with van der Waals surface area (Å²) in [5.41, 5.74) is 4.48. The van der Waals surface area contributed by atoms with Crippen LogP contribution >= 0.6 is 11.6 Å². The van der Waals surface area contributed by atoms with Crippen LogP contribution in [0.4, 0.5) is 11.6 Å². The molecule has 0 amide bonds. The molecule has 0 radical (unpaired) electrons. The Labute approximate surface area is 164 Å². The van der Waals surface area contributed by atoms with Crippen LogP contribution in [0.5, 0.6) is 5.75 Å². The molecule has 0 saturated carbocycles. The molecule has 2 heterocycles. The third-order valence-electron chi connectivity index (χ3n) is 4.66. The van der Waals surface area contributed by atoms with Crippen LogP contribution in [-0.4, -0.2) is 28.5 Å². The lowest BCUT2D eigenvalue weighted by Crippen LogP contribution is -2.31. The smallest absolute Gasteiger partial charge is 0.227 e. The van der Waals surface area contributed by atoms with E-state index in [1.54, 1.807) is 7.11 Å². The molecule has 0 bridgehead atoms. The minimum absolute atomic E-state index is 0.619. The normalized spacial score (nSPS) is 13.9. The van der Waals surface area contributed by atoms with Crippen LogP contribution in [0.3, 0.4) is 0 Å². The fraction of sp³-hybridized carbons (Fsp3) is 0.238. The van der Waals surface area contributed by atoms with Gasteiger partial charge < -0.3 is 10.1 Å². The van der Waals surface area contributed by atoms with Gasteiger partial charge in [-0.1, -0.05) is 29.8 Å². The van der Waals surface area contributed by atoms with Crippen molar-refractivity contribution in [3.63, 3.8) is 0 Å². The summed E-state index contributed by atoms with van der Waals surface area (Å²) in [7, 11) is 1.66. The summed E-state index contributed by atoms with van der Waals surface area (Å²) in [4.78, 5) is 11.6. The lowest BCUT2D eigenvalue weighted by Gasteiger charge is -2.28. The van der Waals surface area contributed by atoms with Gasteiger partial charge >= 0.3 is 0 Å². The zero-order valence-corrected chi connectivity index (χ0v) is 15.9. The summed E-state index contributed by atoms with van der Waals surface area (Å²) in [6.45, 7) is 2.74. The highest BCUT2D eigenvalue weighted by Gasteiger charge is 2.18. The lowest BCUT2D eigenvalue weighted by molar-refractivity contribution is 0.243. The average molecular weight is 381 g/mol. The topological polar surface area (TPSA) is 50.3 Å². The van der Waals surface area contributed by atoms with Crippen molar-refractivity contribution in [2.75, 3.05) is 19.0 Å². The molecule has 1 aromatic heterocycles. The summed E-state index contributed by atoms with van der Waals surface area (Å²) in [6, 6.07) is 15.8. The first kappa shape index (κ1) is 17.8. The van der Waals surface area contributed by atoms with E-state index in [0.717, 1.165) is 48.2 Å². The molecule has 4 rings (SSSR count). The largest absolute Gasteiger partial charge is 0.497 e. The van der Waals surface area contributed by atoms with E-state index in [4.69, 9.17) is 21.3 Å². The summed E-state index contributed by atoms with van der Waals surface area (Å²) >= 11 is 5.97. The number of hydrogen-bond acceptors (Lipinski definition) is 5. The second-order valence-electron chi connectivity index (χ2n) is 6.61. The third-order valence-corrected chi connectivity index (χ3v) is 4.91. The standard InChI is InChI=1S/C21H21ClN4O/c1-27-19-4-2-3-18(11-19)24-21-23-12-16-14-26(10-9-20(16)25-21)13-15-5-7-17(22)8-6-15/h2-8,11-12H,9-10,13-14H2,1H3,(H,23,24,25). The van der Waals surface area contributed by atoms with Gasteiger partial charge in [-0.15, -0.1) is 0 Å². The van der Waals surface area contributed by atoms with E-state index >= 15 is 0 Å². The van der Waals surface area contributed by atoms with Crippen molar-refractivity contribution < 1.29 is 4.74 Å². The van der Waals surface area contributed by atoms with E-state index in [2.05, 4.69) is 27.3 Å². The number of rotatable bonds is 5. The predicted octanol–water partition coefficient (Wildman–Crippen LogP) is 4.44. The molecule has 0 unspecified atom stereocenters. The zero-order chi connectivity index (χ0) is 18.6. The zero-order valence-electron chi connectivity index (χ0n) is 15.2. The fourth-order valence-electron chi connectivity index (χ4n) is 3.25. The first-order valence-electron chi connectivity index (χ1n) is 8.92. The number of benzene rings is 2. The van der Waals surface area contributed by atoms with Crippen LogP contribution in [0.1, 0.15) is 16.8 Å². The van der Waals surface area contributed by atoms with Crippen molar-refractivity contribution >= 4 is 23.2 Å². The highest BCUT2D eigenvalue weighted by Crippen LogP contribution is 2.23. The van der Waals surface area contributed by atoms with Gasteiger partial charge in [0.05, 0.1) is 12.8 Å². The van der Waals surface area contributed by atoms with Crippen molar-refractivity contribution in [2.45, 2.75) is 19.5 Å². The Bertz CT molecular complexity index is 930. The van der Waals surface area contributed by atoms with Gasteiger partial charge in [-0.3, -0.25) is 4.90 Å². The minimum Gasteiger partial charge on any atom is -0.497 e. The monoisotopic (exact) mass is 380 g/mol. The Morgan fingerprint density at radius 1 is 1.19 bits per heavy atom. The van der Waals surface area contributed by atoms with Gasteiger partial charge in [-0.05, 0) is 29.8 Å². The minimum atomic E-state index is 0.619. The molecule has 0 aliphatic carbocycles. The summed E-state index contributed by atoms with van der Waals surface area (Å²) < 4.78 is 5.26. The van der Waals surface area contributed by atoms with Gasteiger partial charge in [0.15, 0.2) is 0 Å². The van der Waals surface area contributed by atoms with Gasteiger partial charge in [0.1, 0.15) is 5.75 Å². The van der Waals surface area contributed by atoms with Crippen LogP contribution in [0.15, 0.2) is 54.7 Å². The van der Waals surface area contributed by atoms with Gasteiger partial charge in [0.2, 0.25) is 5.95 Å². The highest BCUT2D eigenvalue weighted by atomic mass is 35.5. The molecule has 0 atom stereocenters. The van der Waals surface area contributed by atoms with Crippen molar-refractivity contribution in [3.05, 3.63) is 76.6 Å². The third kappa shape index (κ3) is 4.38. The molecule has 0 fully saturated rings. The van der Waals surface area contributed by atoms with E-state index in [1.165, 1.54) is 11.1 Å². The molecule has 1 N–H and O–H groups in total. The second kappa shape index (κ2) is 7.94. The number of fused-ring (bicyclic) bond motifs is 1. The first-order chi connectivity index (χ1) is 13.2. The van der Waals surface area contributed by atoms with Crippen molar-refractivity contribution in [1.29, 1.82) is 0 Å². The number of methoxy groups -OCH3 is 1. The van der Waals surface area contributed by atoms with Gasteiger partial charge in [-0.25, -0.2) is 9.97 Å². The molecule has 138 valence electrons. The summed E-state index contributed by atoms with van der Waals surface area (Å²) in [5.74, 6) is 1.42. The van der Waals surface area contributed by atoms with E-state index in [1.807, 2.05) is 42.6 Å².